The van der Waals surface area contributed by atoms with Gasteiger partial charge in [0.2, 0.25) is 0 Å². The monoisotopic (exact) mass is 417 g/mol. The fraction of sp³-hybridized carbons (Fsp3) is 0.519. The third-order valence-corrected chi connectivity index (χ3v) is 7.04. The minimum atomic E-state index is 0.289. The molecule has 4 heteroatoms. The van der Waals surface area contributed by atoms with Crippen molar-refractivity contribution in [3.63, 3.8) is 0 Å². The molecule has 0 spiro atoms. The fourth-order valence-electron chi connectivity index (χ4n) is 4.99. The van der Waals surface area contributed by atoms with Gasteiger partial charge in [-0.1, -0.05) is 6.92 Å². The van der Waals surface area contributed by atoms with E-state index in [1.54, 1.807) is 0 Å². The lowest BCUT2D eigenvalue weighted by atomic mass is 10.1. The lowest BCUT2D eigenvalue weighted by Crippen LogP contribution is -2.29. The van der Waals surface area contributed by atoms with Crippen LogP contribution in [0.4, 0.5) is 11.4 Å². The van der Waals surface area contributed by atoms with Crippen molar-refractivity contribution in [2.24, 2.45) is 4.99 Å². The number of hydrogen-bond donors (Lipinski definition) is 0. The summed E-state index contributed by atoms with van der Waals surface area (Å²) in [4.78, 5) is 10.1. The van der Waals surface area contributed by atoms with Crippen molar-refractivity contribution < 1.29 is 4.42 Å². The molecule has 0 radical (unpaired) electrons. The maximum absolute atomic E-state index is 6.55. The number of piperidine rings is 2. The van der Waals surface area contributed by atoms with Crippen LogP contribution in [0.1, 0.15) is 58.8 Å². The second-order valence-corrected chi connectivity index (χ2v) is 9.29. The minimum absolute atomic E-state index is 0.289. The zero-order valence-corrected chi connectivity index (χ0v) is 19.1. The Balaban J connectivity index is 1.67. The topological polar surface area (TPSA) is 32.0 Å². The molecular formula is C27H35N3O. The Morgan fingerprint density at radius 1 is 0.774 bits per heavy atom. The first-order chi connectivity index (χ1) is 15.2. The van der Waals surface area contributed by atoms with Crippen LogP contribution in [0.25, 0.3) is 21.9 Å². The third-order valence-electron chi connectivity index (χ3n) is 7.04. The fourth-order valence-corrected chi connectivity index (χ4v) is 4.99. The van der Waals surface area contributed by atoms with Gasteiger partial charge >= 0.3 is 0 Å². The maximum Gasteiger partial charge on any atom is 0.138 e. The SMILES string of the molecule is CCC(C)N=c1c2ccc(N3CCCCC3)cc2oc2cc(N3CCCCC3)ccc12. The van der Waals surface area contributed by atoms with Gasteiger partial charge in [-0.25, -0.2) is 0 Å². The van der Waals surface area contributed by atoms with Crippen molar-refractivity contribution in [2.45, 2.75) is 64.8 Å². The summed E-state index contributed by atoms with van der Waals surface area (Å²) in [7, 11) is 0. The van der Waals surface area contributed by atoms with Gasteiger partial charge in [-0.2, -0.15) is 0 Å². The molecule has 3 aromatic rings. The average molecular weight is 418 g/mol. The molecule has 0 aliphatic carbocycles. The normalized spacial score (nSPS) is 18.5. The van der Waals surface area contributed by atoms with E-state index >= 15 is 0 Å². The van der Waals surface area contributed by atoms with Crippen LogP contribution in [-0.4, -0.2) is 32.2 Å². The van der Waals surface area contributed by atoms with E-state index in [2.05, 4.69) is 60.0 Å². The van der Waals surface area contributed by atoms with Crippen LogP contribution < -0.4 is 15.2 Å². The molecule has 31 heavy (non-hydrogen) atoms. The second-order valence-electron chi connectivity index (χ2n) is 9.29. The van der Waals surface area contributed by atoms with Gasteiger partial charge in [-0.15, -0.1) is 0 Å². The number of fused-ring (bicyclic) bond motifs is 2. The molecule has 164 valence electrons. The maximum atomic E-state index is 6.55. The predicted octanol–water partition coefficient (Wildman–Crippen LogP) is 6.27. The van der Waals surface area contributed by atoms with E-state index in [4.69, 9.17) is 9.41 Å². The van der Waals surface area contributed by atoms with Gasteiger partial charge in [0.05, 0.1) is 5.36 Å². The Labute approximate surface area is 185 Å². The highest BCUT2D eigenvalue weighted by molar-refractivity contribution is 5.92. The van der Waals surface area contributed by atoms with Crippen LogP contribution in [0.5, 0.6) is 0 Å². The van der Waals surface area contributed by atoms with Crippen LogP contribution in [0.15, 0.2) is 45.8 Å². The first-order valence-electron chi connectivity index (χ1n) is 12.3. The molecule has 2 aromatic carbocycles. The molecule has 2 aliphatic heterocycles. The van der Waals surface area contributed by atoms with Crippen LogP contribution in [0.3, 0.4) is 0 Å². The molecule has 0 bridgehead atoms. The molecule has 4 nitrogen and oxygen atoms in total. The smallest absolute Gasteiger partial charge is 0.138 e. The van der Waals surface area contributed by atoms with Crippen LogP contribution in [-0.2, 0) is 0 Å². The summed E-state index contributed by atoms with van der Waals surface area (Å²) in [6.07, 6.45) is 8.84. The molecule has 2 fully saturated rings. The number of hydrogen-bond acceptors (Lipinski definition) is 4. The van der Waals surface area contributed by atoms with E-state index in [9.17, 15) is 0 Å². The molecule has 0 amide bonds. The summed E-state index contributed by atoms with van der Waals surface area (Å²) in [5.74, 6) is 0. The van der Waals surface area contributed by atoms with Crippen molar-refractivity contribution in [1.82, 2.24) is 0 Å². The highest BCUT2D eigenvalue weighted by atomic mass is 16.3. The van der Waals surface area contributed by atoms with Crippen LogP contribution in [0, 0.1) is 0 Å². The predicted molar refractivity (Wildman–Crippen MR) is 131 cm³/mol. The molecule has 1 aromatic heterocycles. The zero-order chi connectivity index (χ0) is 21.2. The number of benzene rings is 2. The van der Waals surface area contributed by atoms with E-state index in [-0.39, 0.29) is 6.04 Å². The van der Waals surface area contributed by atoms with Gasteiger partial charge < -0.3 is 14.2 Å². The van der Waals surface area contributed by atoms with Gasteiger partial charge in [0.1, 0.15) is 11.2 Å². The van der Waals surface area contributed by atoms with Crippen molar-refractivity contribution >= 4 is 33.3 Å². The lowest BCUT2D eigenvalue weighted by molar-refractivity contribution is 0.576. The lowest BCUT2D eigenvalue weighted by Gasteiger charge is -2.29. The first kappa shape index (κ1) is 20.4. The first-order valence-corrected chi connectivity index (χ1v) is 12.3. The molecule has 5 rings (SSSR count). The van der Waals surface area contributed by atoms with E-state index in [0.29, 0.717) is 0 Å². The van der Waals surface area contributed by atoms with Gasteiger partial charge in [-0.05, 0) is 76.1 Å². The highest BCUT2D eigenvalue weighted by Crippen LogP contribution is 2.29. The zero-order valence-electron chi connectivity index (χ0n) is 19.1. The Morgan fingerprint density at radius 2 is 1.26 bits per heavy atom. The van der Waals surface area contributed by atoms with Crippen molar-refractivity contribution in [2.75, 3.05) is 36.0 Å². The summed E-state index contributed by atoms with van der Waals surface area (Å²) in [5, 5.41) is 3.33. The van der Waals surface area contributed by atoms with Crippen LogP contribution in [0.2, 0.25) is 0 Å². The Kier molecular flexibility index (Phi) is 5.89. The standard InChI is InChI=1S/C27H35N3O/c1-3-20(2)28-27-23-12-10-21(29-14-6-4-7-15-29)18-25(23)31-26-19-22(11-13-24(26)27)30-16-8-5-9-17-30/h10-13,18-20H,3-9,14-17H2,1-2H3. The Morgan fingerprint density at radius 3 is 1.71 bits per heavy atom. The number of rotatable bonds is 4. The summed E-state index contributed by atoms with van der Waals surface area (Å²) in [6.45, 7) is 8.97. The van der Waals surface area contributed by atoms with Gasteiger partial charge in [-0.3, -0.25) is 4.99 Å². The van der Waals surface area contributed by atoms with Crippen molar-refractivity contribution in [3.8, 4) is 0 Å². The second kappa shape index (κ2) is 8.94. The van der Waals surface area contributed by atoms with E-state index in [1.807, 2.05) is 0 Å². The Bertz CT molecular complexity index is 1040. The molecule has 2 saturated heterocycles. The van der Waals surface area contributed by atoms with E-state index < -0.39 is 0 Å². The van der Waals surface area contributed by atoms with E-state index in [1.165, 1.54) is 49.9 Å². The molecular weight excluding hydrogens is 382 g/mol. The quantitative estimate of drug-likeness (QED) is 0.469. The molecule has 1 atom stereocenters. The molecule has 3 heterocycles. The van der Waals surface area contributed by atoms with E-state index in [0.717, 1.165) is 59.9 Å². The molecule has 2 aliphatic rings. The van der Waals surface area contributed by atoms with Crippen LogP contribution >= 0.6 is 0 Å². The average Bonchev–Trinajstić information content (AvgIpc) is 2.84. The molecule has 0 saturated carbocycles. The minimum Gasteiger partial charge on any atom is -0.456 e. The van der Waals surface area contributed by atoms with Crippen molar-refractivity contribution in [3.05, 3.63) is 41.8 Å². The summed E-state index contributed by atoms with van der Waals surface area (Å²) < 4.78 is 6.55. The van der Waals surface area contributed by atoms with Gasteiger partial charge in [0, 0.05) is 66.5 Å². The van der Waals surface area contributed by atoms with Gasteiger partial charge in [0.15, 0.2) is 0 Å². The molecule has 1 unspecified atom stereocenters. The number of anilines is 2. The van der Waals surface area contributed by atoms with Crippen molar-refractivity contribution in [1.29, 1.82) is 0 Å². The summed E-state index contributed by atoms with van der Waals surface area (Å²) in [5.41, 5.74) is 4.45. The Hall–Kier alpha value is -2.49. The summed E-state index contributed by atoms with van der Waals surface area (Å²) >= 11 is 0. The molecule has 0 N–H and O–H groups in total. The highest BCUT2D eigenvalue weighted by Gasteiger charge is 2.16. The van der Waals surface area contributed by atoms with Gasteiger partial charge in [0.25, 0.3) is 0 Å². The summed E-state index contributed by atoms with van der Waals surface area (Å²) in [6, 6.07) is 13.7. The largest absolute Gasteiger partial charge is 0.456 e. The third kappa shape index (κ3) is 4.17. The number of nitrogens with zero attached hydrogens (tertiary/aromatic N) is 3.